The van der Waals surface area contributed by atoms with E-state index >= 15 is 0 Å². The zero-order valence-electron chi connectivity index (χ0n) is 14.9. The van der Waals surface area contributed by atoms with Gasteiger partial charge in [0.1, 0.15) is 11.9 Å². The number of aryl methyl sites for hydroxylation is 1. The summed E-state index contributed by atoms with van der Waals surface area (Å²) in [6, 6.07) is 12.6. The van der Waals surface area contributed by atoms with Crippen molar-refractivity contribution in [2.75, 3.05) is 19.6 Å². The molecule has 0 amide bonds. The monoisotopic (exact) mass is 409 g/mol. The number of benzene rings is 2. The lowest BCUT2D eigenvalue weighted by atomic mass is 10.0. The fraction of sp³-hybridized carbons (Fsp3) is 0.316. The van der Waals surface area contributed by atoms with Crippen molar-refractivity contribution in [3.05, 3.63) is 65.0 Å². The summed E-state index contributed by atoms with van der Waals surface area (Å²) in [6.07, 6.45) is 0.914. The summed E-state index contributed by atoms with van der Waals surface area (Å²) in [5.41, 5.74) is 1.81. The molecular formula is C19H21ClFN3O2S. The van der Waals surface area contributed by atoms with Gasteiger partial charge in [-0.15, -0.1) is 12.4 Å². The predicted molar refractivity (Wildman–Crippen MR) is 104 cm³/mol. The summed E-state index contributed by atoms with van der Waals surface area (Å²) >= 11 is 0. The van der Waals surface area contributed by atoms with Crippen molar-refractivity contribution in [2.45, 2.75) is 24.3 Å². The zero-order chi connectivity index (χ0) is 18.7. The average molecular weight is 410 g/mol. The van der Waals surface area contributed by atoms with Crippen LogP contribution < -0.4 is 5.32 Å². The number of rotatable bonds is 4. The van der Waals surface area contributed by atoms with Crippen LogP contribution in [0.4, 0.5) is 4.39 Å². The van der Waals surface area contributed by atoms with E-state index in [1.54, 1.807) is 6.07 Å². The smallest absolute Gasteiger partial charge is 0.243 e. The number of nitrogens with one attached hydrogen (secondary N) is 1. The lowest BCUT2D eigenvalue weighted by Crippen LogP contribution is -2.48. The van der Waals surface area contributed by atoms with Crippen LogP contribution in [0.3, 0.4) is 0 Å². The maximum Gasteiger partial charge on any atom is 0.243 e. The summed E-state index contributed by atoms with van der Waals surface area (Å²) in [5.74, 6) is -0.724. The SMILES string of the molecule is CCc1ccc(C2CNCCN2S(=O)(=O)c2ccc(F)c(C#N)c2)cc1.Cl. The van der Waals surface area contributed by atoms with E-state index in [4.69, 9.17) is 5.26 Å². The first-order valence-corrected chi connectivity index (χ1v) is 9.92. The molecule has 3 rings (SSSR count). The Kier molecular flexibility index (Phi) is 6.95. The summed E-state index contributed by atoms with van der Waals surface area (Å²) in [6.45, 7) is 3.41. The average Bonchev–Trinajstić information content (AvgIpc) is 2.68. The fourth-order valence-corrected chi connectivity index (χ4v) is 4.76. The van der Waals surface area contributed by atoms with E-state index in [9.17, 15) is 12.8 Å². The van der Waals surface area contributed by atoms with Gasteiger partial charge in [0.15, 0.2) is 0 Å². The lowest BCUT2D eigenvalue weighted by molar-refractivity contribution is 0.271. The number of halogens is 2. The van der Waals surface area contributed by atoms with Crippen molar-refractivity contribution in [3.63, 3.8) is 0 Å². The van der Waals surface area contributed by atoms with E-state index in [1.807, 2.05) is 24.3 Å². The first kappa shape index (κ1) is 21.3. The van der Waals surface area contributed by atoms with Crippen LogP contribution in [0.15, 0.2) is 47.4 Å². The maximum absolute atomic E-state index is 13.6. The predicted octanol–water partition coefficient (Wildman–Crippen LogP) is 3.02. The van der Waals surface area contributed by atoms with E-state index in [0.29, 0.717) is 19.6 Å². The molecule has 144 valence electrons. The quantitative estimate of drug-likeness (QED) is 0.842. The molecule has 0 aliphatic carbocycles. The molecule has 0 spiro atoms. The van der Waals surface area contributed by atoms with Crippen LogP contribution in [0.5, 0.6) is 0 Å². The summed E-state index contributed by atoms with van der Waals surface area (Å²) in [4.78, 5) is -0.0625. The highest BCUT2D eigenvalue weighted by Gasteiger charge is 2.34. The Balaban J connectivity index is 0.00000261. The van der Waals surface area contributed by atoms with Gasteiger partial charge in [0.25, 0.3) is 0 Å². The Morgan fingerprint density at radius 1 is 1.26 bits per heavy atom. The van der Waals surface area contributed by atoms with Gasteiger partial charge in [0.2, 0.25) is 10.0 Å². The molecule has 2 aromatic rings. The van der Waals surface area contributed by atoms with Gasteiger partial charge in [0, 0.05) is 19.6 Å². The van der Waals surface area contributed by atoms with Crippen LogP contribution in [-0.2, 0) is 16.4 Å². The zero-order valence-corrected chi connectivity index (χ0v) is 16.5. The third-order valence-corrected chi connectivity index (χ3v) is 6.54. The van der Waals surface area contributed by atoms with Gasteiger partial charge in [-0.2, -0.15) is 9.57 Å². The van der Waals surface area contributed by atoms with E-state index in [0.717, 1.165) is 24.1 Å². The Labute approximate surface area is 165 Å². The van der Waals surface area contributed by atoms with Gasteiger partial charge in [-0.1, -0.05) is 31.2 Å². The first-order valence-electron chi connectivity index (χ1n) is 8.48. The molecule has 0 radical (unpaired) electrons. The van der Waals surface area contributed by atoms with Crippen molar-refractivity contribution in [1.82, 2.24) is 9.62 Å². The topological polar surface area (TPSA) is 73.2 Å². The number of hydrogen-bond acceptors (Lipinski definition) is 4. The highest BCUT2D eigenvalue weighted by Crippen LogP contribution is 2.29. The Morgan fingerprint density at radius 2 is 1.96 bits per heavy atom. The molecule has 1 fully saturated rings. The van der Waals surface area contributed by atoms with Gasteiger partial charge in [-0.25, -0.2) is 12.8 Å². The molecule has 27 heavy (non-hydrogen) atoms. The second-order valence-electron chi connectivity index (χ2n) is 6.18. The van der Waals surface area contributed by atoms with Crippen molar-refractivity contribution in [2.24, 2.45) is 0 Å². The Hall–Kier alpha value is -1.98. The first-order chi connectivity index (χ1) is 12.5. The molecule has 2 aromatic carbocycles. The van der Waals surface area contributed by atoms with Gasteiger partial charge in [0.05, 0.1) is 16.5 Å². The van der Waals surface area contributed by atoms with Gasteiger partial charge >= 0.3 is 0 Å². The third-order valence-electron chi connectivity index (χ3n) is 4.63. The largest absolute Gasteiger partial charge is 0.313 e. The highest BCUT2D eigenvalue weighted by atomic mass is 35.5. The number of hydrogen-bond donors (Lipinski definition) is 1. The van der Waals surface area contributed by atoms with Crippen molar-refractivity contribution in [1.29, 1.82) is 5.26 Å². The number of nitriles is 1. The van der Waals surface area contributed by atoms with Crippen LogP contribution in [-0.4, -0.2) is 32.4 Å². The minimum Gasteiger partial charge on any atom is -0.313 e. The van der Waals surface area contributed by atoms with E-state index in [1.165, 1.54) is 15.9 Å². The molecule has 5 nitrogen and oxygen atoms in total. The van der Waals surface area contributed by atoms with Crippen molar-refractivity contribution >= 4 is 22.4 Å². The maximum atomic E-state index is 13.6. The molecule has 1 unspecified atom stereocenters. The molecule has 1 saturated heterocycles. The van der Waals surface area contributed by atoms with E-state index in [2.05, 4.69) is 12.2 Å². The standard InChI is InChI=1S/C19H20FN3O2S.ClH/c1-2-14-3-5-15(6-4-14)19-13-22-9-10-23(19)26(24,25)17-7-8-18(20)16(11-17)12-21;/h3-8,11,19,22H,2,9-10,13H2,1H3;1H. The molecule has 1 atom stereocenters. The second kappa shape index (κ2) is 8.81. The second-order valence-corrected chi connectivity index (χ2v) is 8.07. The molecule has 1 aliphatic heterocycles. The van der Waals surface area contributed by atoms with Gasteiger partial charge in [-0.3, -0.25) is 0 Å². The molecule has 0 aromatic heterocycles. The minimum absolute atomic E-state index is 0. The summed E-state index contributed by atoms with van der Waals surface area (Å²) < 4.78 is 41.3. The van der Waals surface area contributed by atoms with Crippen LogP contribution in [0.25, 0.3) is 0 Å². The Morgan fingerprint density at radius 3 is 2.59 bits per heavy atom. The molecule has 0 bridgehead atoms. The third kappa shape index (κ3) is 4.30. The summed E-state index contributed by atoms with van der Waals surface area (Å²) in [7, 11) is -3.85. The van der Waals surface area contributed by atoms with Crippen molar-refractivity contribution < 1.29 is 12.8 Å². The van der Waals surface area contributed by atoms with Crippen LogP contribution in [0.2, 0.25) is 0 Å². The van der Waals surface area contributed by atoms with Crippen molar-refractivity contribution in [3.8, 4) is 6.07 Å². The highest BCUT2D eigenvalue weighted by molar-refractivity contribution is 7.89. The molecule has 0 saturated carbocycles. The molecule has 8 heteroatoms. The molecule has 1 aliphatic rings. The van der Waals surface area contributed by atoms with Crippen LogP contribution >= 0.6 is 12.4 Å². The lowest BCUT2D eigenvalue weighted by Gasteiger charge is -2.35. The normalized spacial score (nSPS) is 17.7. The van der Waals surface area contributed by atoms with E-state index in [-0.39, 0.29) is 28.9 Å². The minimum atomic E-state index is -3.85. The summed E-state index contributed by atoms with van der Waals surface area (Å²) in [5, 5.41) is 12.2. The molecule has 1 heterocycles. The molecular weight excluding hydrogens is 389 g/mol. The van der Waals surface area contributed by atoms with Gasteiger partial charge < -0.3 is 5.32 Å². The molecule has 1 N–H and O–H groups in total. The number of sulfonamides is 1. The number of piperazine rings is 1. The van der Waals surface area contributed by atoms with Crippen LogP contribution in [0, 0.1) is 17.1 Å². The number of nitrogens with zero attached hydrogens (tertiary/aromatic N) is 2. The fourth-order valence-electron chi connectivity index (χ4n) is 3.12. The Bertz CT molecular complexity index is 942. The van der Waals surface area contributed by atoms with E-state index < -0.39 is 15.8 Å². The van der Waals surface area contributed by atoms with Crippen LogP contribution in [0.1, 0.15) is 29.7 Å². The van der Waals surface area contributed by atoms with Gasteiger partial charge in [-0.05, 0) is 35.7 Å².